The lowest BCUT2D eigenvalue weighted by Crippen LogP contribution is -2.20. The molecule has 0 aliphatic carbocycles. The quantitative estimate of drug-likeness (QED) is 0.166. The molecule has 0 saturated heterocycles. The first-order valence-corrected chi connectivity index (χ1v) is 14.1. The van der Waals surface area contributed by atoms with Crippen molar-refractivity contribution in [3.05, 3.63) is 135 Å². The number of ether oxygens (including phenoxy) is 2. The molecule has 0 aliphatic heterocycles. The normalized spacial score (nSPS) is 11.4. The second-order valence-electron chi connectivity index (χ2n) is 9.37. The molecular weight excluding hydrogens is 578 g/mol. The van der Waals surface area contributed by atoms with Gasteiger partial charge in [-0.25, -0.2) is 4.98 Å². The summed E-state index contributed by atoms with van der Waals surface area (Å²) in [5.74, 6) is 1.65. The Morgan fingerprint density at radius 1 is 0.854 bits per heavy atom. The third kappa shape index (κ3) is 5.49. The smallest absolute Gasteiger partial charge is 0.282 e. The molecule has 7 heteroatoms. The van der Waals surface area contributed by atoms with Gasteiger partial charge in [0.15, 0.2) is 17.3 Å². The van der Waals surface area contributed by atoms with E-state index in [1.807, 2.05) is 85.8 Å². The molecule has 0 amide bonds. The van der Waals surface area contributed by atoms with Crippen molar-refractivity contribution in [2.75, 3.05) is 6.61 Å². The van der Waals surface area contributed by atoms with Gasteiger partial charge in [0.2, 0.25) is 0 Å². The van der Waals surface area contributed by atoms with E-state index in [1.165, 1.54) is 4.68 Å². The number of halogens is 1. The van der Waals surface area contributed by atoms with Gasteiger partial charge < -0.3 is 9.47 Å². The van der Waals surface area contributed by atoms with E-state index >= 15 is 0 Å². The maximum absolute atomic E-state index is 13.5. The number of hydrogen-bond acceptors (Lipinski definition) is 5. The highest BCUT2D eigenvalue weighted by atomic mass is 79.9. The van der Waals surface area contributed by atoms with Gasteiger partial charge in [0, 0.05) is 5.56 Å². The summed E-state index contributed by atoms with van der Waals surface area (Å²) in [6.07, 6.45) is 1.63. The minimum absolute atomic E-state index is 0.246. The van der Waals surface area contributed by atoms with Crippen molar-refractivity contribution in [3.63, 3.8) is 0 Å². The second-order valence-corrected chi connectivity index (χ2v) is 10.2. The standard InChI is InChI=1S/C34H26BrN3O3/c1-2-40-31-20-23(19-29(35)32(31)41-22-26-15-10-14-24-11-6-7-16-27(24)26)21-36-38-33(25-12-4-3-5-13-25)37-30-18-9-8-17-28(30)34(38)39/h3-21H,2,22H2,1H3. The molecular formula is C34H26BrN3O3. The Bertz CT molecular complexity index is 1950. The highest BCUT2D eigenvalue weighted by Gasteiger charge is 2.15. The fraction of sp³-hybridized carbons (Fsp3) is 0.0882. The summed E-state index contributed by atoms with van der Waals surface area (Å²) < 4.78 is 14.3. The second kappa shape index (κ2) is 11.8. The molecule has 0 fully saturated rings. The van der Waals surface area contributed by atoms with Gasteiger partial charge in [-0.1, -0.05) is 84.9 Å². The lowest BCUT2D eigenvalue weighted by Gasteiger charge is -2.15. The van der Waals surface area contributed by atoms with Crippen LogP contribution in [0.25, 0.3) is 33.1 Å². The van der Waals surface area contributed by atoms with Crippen molar-refractivity contribution in [1.82, 2.24) is 9.66 Å². The van der Waals surface area contributed by atoms with Crippen molar-refractivity contribution in [1.29, 1.82) is 0 Å². The first-order chi connectivity index (χ1) is 20.1. The van der Waals surface area contributed by atoms with Gasteiger partial charge in [-0.05, 0) is 69.0 Å². The largest absolute Gasteiger partial charge is 0.490 e. The third-order valence-corrected chi connectivity index (χ3v) is 7.28. The molecule has 1 heterocycles. The van der Waals surface area contributed by atoms with Crippen molar-refractivity contribution >= 4 is 43.8 Å². The highest BCUT2D eigenvalue weighted by Crippen LogP contribution is 2.37. The van der Waals surface area contributed by atoms with Crippen LogP contribution >= 0.6 is 15.9 Å². The molecule has 6 nitrogen and oxygen atoms in total. The van der Waals surface area contributed by atoms with E-state index in [0.717, 1.165) is 31.9 Å². The van der Waals surface area contributed by atoms with Crippen molar-refractivity contribution in [2.24, 2.45) is 5.10 Å². The van der Waals surface area contributed by atoms with Gasteiger partial charge in [0.25, 0.3) is 5.56 Å². The predicted octanol–water partition coefficient (Wildman–Crippen LogP) is 7.84. The van der Waals surface area contributed by atoms with E-state index in [4.69, 9.17) is 14.5 Å². The molecule has 5 aromatic carbocycles. The Morgan fingerprint density at radius 3 is 2.41 bits per heavy atom. The zero-order valence-corrected chi connectivity index (χ0v) is 23.9. The van der Waals surface area contributed by atoms with E-state index in [-0.39, 0.29) is 5.56 Å². The fourth-order valence-electron chi connectivity index (χ4n) is 4.76. The van der Waals surface area contributed by atoms with Crippen LogP contribution in [-0.4, -0.2) is 22.5 Å². The van der Waals surface area contributed by atoms with Crippen molar-refractivity contribution in [3.8, 4) is 22.9 Å². The first-order valence-electron chi connectivity index (χ1n) is 13.3. The monoisotopic (exact) mass is 603 g/mol. The number of benzene rings is 5. The molecule has 0 N–H and O–H groups in total. The van der Waals surface area contributed by atoms with Gasteiger partial charge in [0.05, 0.1) is 28.2 Å². The lowest BCUT2D eigenvalue weighted by molar-refractivity contribution is 0.268. The van der Waals surface area contributed by atoms with E-state index in [0.29, 0.717) is 41.4 Å². The molecule has 0 aliphatic rings. The number of hydrogen-bond donors (Lipinski definition) is 0. The molecule has 6 aromatic rings. The van der Waals surface area contributed by atoms with Gasteiger partial charge in [-0.2, -0.15) is 9.78 Å². The van der Waals surface area contributed by atoms with Crippen LogP contribution in [0.3, 0.4) is 0 Å². The minimum atomic E-state index is -0.246. The predicted molar refractivity (Wildman–Crippen MR) is 168 cm³/mol. The summed E-state index contributed by atoms with van der Waals surface area (Å²) in [6, 6.07) is 35.0. The minimum Gasteiger partial charge on any atom is -0.490 e. The van der Waals surface area contributed by atoms with Crippen molar-refractivity contribution < 1.29 is 9.47 Å². The summed E-state index contributed by atoms with van der Waals surface area (Å²) in [5, 5.41) is 7.41. The highest BCUT2D eigenvalue weighted by molar-refractivity contribution is 9.10. The van der Waals surface area contributed by atoms with Gasteiger partial charge in [-0.15, -0.1) is 0 Å². The van der Waals surface area contributed by atoms with Crippen LogP contribution in [0.5, 0.6) is 11.5 Å². The number of nitrogens with zero attached hydrogens (tertiary/aromatic N) is 3. The Balaban J connectivity index is 1.36. The molecule has 0 saturated carbocycles. The molecule has 0 atom stereocenters. The number of rotatable bonds is 8. The molecule has 1 aromatic heterocycles. The van der Waals surface area contributed by atoms with Crippen LogP contribution in [0.15, 0.2) is 124 Å². The summed E-state index contributed by atoms with van der Waals surface area (Å²) in [4.78, 5) is 18.3. The number of para-hydroxylation sites is 1. The van der Waals surface area contributed by atoms with Crippen molar-refractivity contribution in [2.45, 2.75) is 13.5 Å². The first kappa shape index (κ1) is 26.5. The van der Waals surface area contributed by atoms with Crippen LogP contribution in [0, 0.1) is 0 Å². The number of aromatic nitrogens is 2. The molecule has 41 heavy (non-hydrogen) atoms. The van der Waals surface area contributed by atoms with Crippen LogP contribution in [-0.2, 0) is 6.61 Å². The third-order valence-electron chi connectivity index (χ3n) is 6.69. The molecule has 0 radical (unpaired) electrons. The Labute approximate surface area is 245 Å². The zero-order valence-electron chi connectivity index (χ0n) is 22.3. The Hall–Kier alpha value is -4.75. The molecule has 0 bridgehead atoms. The molecule has 6 rings (SSSR count). The van der Waals surface area contributed by atoms with E-state index in [1.54, 1.807) is 12.3 Å². The lowest BCUT2D eigenvalue weighted by atomic mass is 10.1. The van der Waals surface area contributed by atoms with E-state index in [2.05, 4.69) is 45.3 Å². The molecule has 202 valence electrons. The van der Waals surface area contributed by atoms with E-state index in [9.17, 15) is 4.79 Å². The van der Waals surface area contributed by atoms with Crippen LogP contribution in [0.4, 0.5) is 0 Å². The van der Waals surface area contributed by atoms with Crippen LogP contribution < -0.4 is 15.0 Å². The fourth-order valence-corrected chi connectivity index (χ4v) is 5.34. The van der Waals surface area contributed by atoms with Gasteiger partial charge >= 0.3 is 0 Å². The number of fused-ring (bicyclic) bond motifs is 2. The topological polar surface area (TPSA) is 65.7 Å². The zero-order chi connectivity index (χ0) is 28.2. The van der Waals surface area contributed by atoms with Crippen LogP contribution in [0.1, 0.15) is 18.1 Å². The Kier molecular flexibility index (Phi) is 7.60. The SMILES string of the molecule is CCOc1cc(C=Nn2c(-c3ccccc3)nc3ccccc3c2=O)cc(Br)c1OCc1cccc2ccccc12. The van der Waals surface area contributed by atoms with E-state index < -0.39 is 0 Å². The molecule has 0 unspecified atom stereocenters. The maximum Gasteiger partial charge on any atom is 0.282 e. The average Bonchev–Trinajstić information content (AvgIpc) is 3.01. The van der Waals surface area contributed by atoms with Gasteiger partial charge in [-0.3, -0.25) is 4.79 Å². The molecule has 0 spiro atoms. The maximum atomic E-state index is 13.5. The summed E-state index contributed by atoms with van der Waals surface area (Å²) in [6.45, 7) is 2.77. The van der Waals surface area contributed by atoms with Crippen LogP contribution in [0.2, 0.25) is 0 Å². The Morgan fingerprint density at radius 2 is 1.59 bits per heavy atom. The van der Waals surface area contributed by atoms with Gasteiger partial charge in [0.1, 0.15) is 6.61 Å². The summed E-state index contributed by atoms with van der Waals surface area (Å²) in [5.41, 5.74) is 2.99. The summed E-state index contributed by atoms with van der Waals surface area (Å²) >= 11 is 3.67. The average molecular weight is 605 g/mol. The summed E-state index contributed by atoms with van der Waals surface area (Å²) in [7, 11) is 0.